The molecule has 3 rings (SSSR count). The second kappa shape index (κ2) is 7.19. The lowest BCUT2D eigenvalue weighted by molar-refractivity contribution is -0.141. The van der Waals surface area contributed by atoms with Gasteiger partial charge in [-0.2, -0.15) is 5.10 Å². The Kier molecular flexibility index (Phi) is 4.94. The van der Waals surface area contributed by atoms with Gasteiger partial charge in [0.25, 0.3) is 5.91 Å². The van der Waals surface area contributed by atoms with Crippen molar-refractivity contribution in [2.75, 3.05) is 7.05 Å². The van der Waals surface area contributed by atoms with Crippen LogP contribution in [0.4, 0.5) is 0 Å². The van der Waals surface area contributed by atoms with Gasteiger partial charge < -0.3 is 10.0 Å². The van der Waals surface area contributed by atoms with Gasteiger partial charge in [-0.3, -0.25) is 9.48 Å². The highest BCUT2D eigenvalue weighted by molar-refractivity contribution is 6.07. The summed E-state index contributed by atoms with van der Waals surface area (Å²) in [5.74, 6) is -1.40. The van der Waals surface area contributed by atoms with E-state index >= 15 is 0 Å². The molecule has 0 aliphatic carbocycles. The molecule has 1 atom stereocenters. The molecule has 2 aromatic heterocycles. The molecule has 2 heterocycles. The van der Waals surface area contributed by atoms with Crippen LogP contribution >= 0.6 is 0 Å². The molecule has 0 saturated carbocycles. The number of rotatable bonds is 5. The average molecular weight is 366 g/mol. The third-order valence-corrected chi connectivity index (χ3v) is 4.67. The highest BCUT2D eigenvalue weighted by Crippen LogP contribution is 2.23. The highest BCUT2D eigenvalue weighted by Gasteiger charge is 2.29. The van der Waals surface area contributed by atoms with E-state index in [9.17, 15) is 14.7 Å². The number of carboxylic acids is 1. The highest BCUT2D eigenvalue weighted by atomic mass is 16.4. The Morgan fingerprint density at radius 2 is 1.89 bits per heavy atom. The van der Waals surface area contributed by atoms with Crippen molar-refractivity contribution in [1.82, 2.24) is 19.7 Å². The standard InChI is InChI=1S/C20H22N4O3/c1-12-10-15(17-13(2)22-24(4)18(17)21-12)19(25)23(3)16(20(26)27)11-14-8-6-5-7-9-14/h5-10,16H,11H2,1-4H3,(H,26,27). The van der Waals surface area contributed by atoms with Crippen LogP contribution < -0.4 is 0 Å². The number of amides is 1. The summed E-state index contributed by atoms with van der Waals surface area (Å²) in [5.41, 5.74) is 3.26. The lowest BCUT2D eigenvalue weighted by Gasteiger charge is -2.25. The lowest BCUT2D eigenvalue weighted by atomic mass is 10.0. The first-order valence-corrected chi connectivity index (χ1v) is 8.64. The van der Waals surface area contributed by atoms with Crippen LogP contribution in [0.3, 0.4) is 0 Å². The normalized spacial score (nSPS) is 12.1. The molecule has 0 bridgehead atoms. The molecule has 0 saturated heterocycles. The maximum Gasteiger partial charge on any atom is 0.326 e. The van der Waals surface area contributed by atoms with Crippen LogP contribution in [0.1, 0.15) is 27.3 Å². The molecule has 0 aliphatic rings. The minimum atomic E-state index is -1.04. The minimum absolute atomic E-state index is 0.234. The Morgan fingerprint density at radius 3 is 2.52 bits per heavy atom. The number of hydrogen-bond acceptors (Lipinski definition) is 4. The number of carboxylic acid groups (broad SMARTS) is 1. The molecule has 1 aromatic carbocycles. The Labute approximate surface area is 157 Å². The first-order valence-electron chi connectivity index (χ1n) is 8.64. The third-order valence-electron chi connectivity index (χ3n) is 4.67. The number of carbonyl (C=O) groups is 2. The Hall–Kier alpha value is -3.22. The SMILES string of the molecule is Cc1cc(C(=O)N(C)C(Cc2ccccc2)C(=O)O)c2c(C)nn(C)c2n1. The molecule has 0 spiro atoms. The molecule has 1 amide bonds. The monoisotopic (exact) mass is 366 g/mol. The van der Waals surface area contributed by atoms with Crippen molar-refractivity contribution in [1.29, 1.82) is 0 Å². The van der Waals surface area contributed by atoms with Crippen LogP contribution in [0.5, 0.6) is 0 Å². The van der Waals surface area contributed by atoms with Gasteiger partial charge in [0.2, 0.25) is 0 Å². The summed E-state index contributed by atoms with van der Waals surface area (Å²) in [4.78, 5) is 30.8. The number of pyridine rings is 1. The first-order chi connectivity index (χ1) is 12.8. The molecule has 1 N–H and O–H groups in total. The number of nitrogens with zero attached hydrogens (tertiary/aromatic N) is 4. The minimum Gasteiger partial charge on any atom is -0.480 e. The van der Waals surface area contributed by atoms with Gasteiger partial charge in [-0.25, -0.2) is 9.78 Å². The summed E-state index contributed by atoms with van der Waals surface area (Å²) in [6.07, 6.45) is 0.234. The zero-order valence-corrected chi connectivity index (χ0v) is 15.8. The van der Waals surface area contributed by atoms with E-state index in [2.05, 4.69) is 10.1 Å². The molecule has 27 heavy (non-hydrogen) atoms. The number of aryl methyl sites for hydroxylation is 3. The topological polar surface area (TPSA) is 88.3 Å². The first kappa shape index (κ1) is 18.6. The lowest BCUT2D eigenvalue weighted by Crippen LogP contribution is -2.44. The molecular formula is C20H22N4O3. The zero-order valence-electron chi connectivity index (χ0n) is 15.8. The van der Waals surface area contributed by atoms with Crippen LogP contribution in [0.2, 0.25) is 0 Å². The number of aromatic nitrogens is 3. The quantitative estimate of drug-likeness (QED) is 0.749. The van der Waals surface area contributed by atoms with E-state index in [1.807, 2.05) is 37.3 Å². The van der Waals surface area contributed by atoms with Gasteiger partial charge in [0.1, 0.15) is 6.04 Å². The number of carbonyl (C=O) groups excluding carboxylic acids is 1. The van der Waals surface area contributed by atoms with Crippen molar-refractivity contribution in [3.63, 3.8) is 0 Å². The van der Waals surface area contributed by atoms with E-state index in [0.717, 1.165) is 5.56 Å². The summed E-state index contributed by atoms with van der Waals surface area (Å²) in [7, 11) is 3.30. The molecule has 7 heteroatoms. The maximum absolute atomic E-state index is 13.2. The number of hydrogen-bond donors (Lipinski definition) is 1. The summed E-state index contributed by atoms with van der Waals surface area (Å²) in [5, 5.41) is 14.7. The van der Waals surface area contributed by atoms with Crippen LogP contribution in [-0.2, 0) is 18.3 Å². The van der Waals surface area contributed by atoms with Crippen LogP contribution in [0.25, 0.3) is 11.0 Å². The Balaban J connectivity index is 2.01. The number of aliphatic carboxylic acids is 1. The molecule has 7 nitrogen and oxygen atoms in total. The van der Waals surface area contributed by atoms with Crippen molar-refractivity contribution >= 4 is 22.9 Å². The fourth-order valence-corrected chi connectivity index (χ4v) is 3.30. The van der Waals surface area contributed by atoms with Gasteiger partial charge in [0.05, 0.1) is 16.6 Å². The summed E-state index contributed by atoms with van der Waals surface area (Å²) >= 11 is 0. The van der Waals surface area contributed by atoms with Gasteiger partial charge in [-0.1, -0.05) is 30.3 Å². The molecule has 3 aromatic rings. The van der Waals surface area contributed by atoms with Gasteiger partial charge in [-0.05, 0) is 25.5 Å². The van der Waals surface area contributed by atoms with E-state index in [1.165, 1.54) is 11.9 Å². The van der Waals surface area contributed by atoms with Gasteiger partial charge in [0.15, 0.2) is 5.65 Å². The fraction of sp³-hybridized carbons (Fsp3) is 0.300. The largest absolute Gasteiger partial charge is 0.480 e. The van der Waals surface area contributed by atoms with E-state index < -0.39 is 12.0 Å². The average Bonchev–Trinajstić information content (AvgIpc) is 2.92. The molecule has 140 valence electrons. The second-order valence-electron chi connectivity index (χ2n) is 6.68. The second-order valence-corrected chi connectivity index (χ2v) is 6.68. The van der Waals surface area contributed by atoms with Crippen molar-refractivity contribution in [2.45, 2.75) is 26.3 Å². The van der Waals surface area contributed by atoms with Gasteiger partial charge in [-0.15, -0.1) is 0 Å². The van der Waals surface area contributed by atoms with Crippen LogP contribution in [-0.4, -0.2) is 49.7 Å². The molecule has 1 unspecified atom stereocenters. The zero-order chi connectivity index (χ0) is 19.7. The number of benzene rings is 1. The van der Waals surface area contributed by atoms with Crippen molar-refractivity contribution in [3.05, 3.63) is 58.9 Å². The summed E-state index contributed by atoms with van der Waals surface area (Å²) < 4.78 is 1.63. The van der Waals surface area contributed by atoms with Crippen molar-refractivity contribution < 1.29 is 14.7 Å². The number of likely N-dealkylation sites (N-methyl/N-ethyl adjacent to an activating group) is 1. The maximum atomic E-state index is 13.2. The van der Waals surface area contributed by atoms with E-state index in [0.29, 0.717) is 28.0 Å². The van der Waals surface area contributed by atoms with Gasteiger partial charge in [0, 0.05) is 26.2 Å². The Morgan fingerprint density at radius 1 is 1.22 bits per heavy atom. The summed E-state index contributed by atoms with van der Waals surface area (Å²) in [6, 6.07) is 10.0. The molecule has 0 aliphatic heterocycles. The molecule has 0 fully saturated rings. The van der Waals surface area contributed by atoms with Gasteiger partial charge >= 0.3 is 5.97 Å². The third kappa shape index (κ3) is 3.53. The number of fused-ring (bicyclic) bond motifs is 1. The smallest absolute Gasteiger partial charge is 0.326 e. The van der Waals surface area contributed by atoms with Crippen LogP contribution in [0, 0.1) is 13.8 Å². The Bertz CT molecular complexity index is 1010. The summed E-state index contributed by atoms with van der Waals surface area (Å²) in [6.45, 7) is 3.62. The predicted molar refractivity (Wildman–Crippen MR) is 102 cm³/mol. The predicted octanol–water partition coefficient (Wildman–Crippen LogP) is 2.35. The molecular weight excluding hydrogens is 344 g/mol. The molecule has 0 radical (unpaired) electrons. The van der Waals surface area contributed by atoms with E-state index in [1.54, 1.807) is 24.7 Å². The van der Waals surface area contributed by atoms with Crippen molar-refractivity contribution in [2.24, 2.45) is 7.05 Å². The van der Waals surface area contributed by atoms with Crippen molar-refractivity contribution in [3.8, 4) is 0 Å². The van der Waals surface area contributed by atoms with Crippen LogP contribution in [0.15, 0.2) is 36.4 Å². The fourth-order valence-electron chi connectivity index (χ4n) is 3.30. The van der Waals surface area contributed by atoms with E-state index in [-0.39, 0.29) is 12.3 Å². The van der Waals surface area contributed by atoms with E-state index in [4.69, 9.17) is 0 Å².